The lowest BCUT2D eigenvalue weighted by Gasteiger charge is -2.26. The second-order valence-electron chi connectivity index (χ2n) is 7.58. The third-order valence-electron chi connectivity index (χ3n) is 4.87. The molecule has 2 aromatic carbocycles. The van der Waals surface area contributed by atoms with Gasteiger partial charge in [0.1, 0.15) is 5.75 Å². The van der Waals surface area contributed by atoms with E-state index >= 15 is 0 Å². The van der Waals surface area contributed by atoms with Crippen molar-refractivity contribution >= 4 is 23.3 Å². The van der Waals surface area contributed by atoms with Crippen molar-refractivity contribution < 1.29 is 19.2 Å². The van der Waals surface area contributed by atoms with Crippen molar-refractivity contribution in [3.8, 4) is 28.6 Å². The Balaban J connectivity index is 1.53. The van der Waals surface area contributed by atoms with Crippen LogP contribution in [0.4, 0.5) is 5.69 Å². The number of carboxylic acids is 1. The van der Waals surface area contributed by atoms with E-state index in [2.05, 4.69) is 15.5 Å². The van der Waals surface area contributed by atoms with Gasteiger partial charge in [0.15, 0.2) is 0 Å². The quantitative estimate of drug-likeness (QED) is 0.568. The summed E-state index contributed by atoms with van der Waals surface area (Å²) < 4.78 is 11.1. The number of hydrogen-bond acceptors (Lipinski definition) is 6. The van der Waals surface area contributed by atoms with Crippen LogP contribution in [0.3, 0.4) is 0 Å². The normalized spacial score (nSPS) is 15.5. The van der Waals surface area contributed by atoms with Gasteiger partial charge in [-0.05, 0) is 68.7 Å². The van der Waals surface area contributed by atoms with Gasteiger partial charge in [-0.25, -0.2) is 0 Å². The Kier molecular flexibility index (Phi) is 5.63. The molecule has 1 unspecified atom stereocenters. The van der Waals surface area contributed by atoms with Crippen LogP contribution >= 0.6 is 11.6 Å². The Morgan fingerprint density at radius 1 is 1.30 bits per heavy atom. The summed E-state index contributed by atoms with van der Waals surface area (Å²) in [6.07, 6.45) is 1.70. The van der Waals surface area contributed by atoms with E-state index in [1.807, 2.05) is 38.1 Å². The molecule has 1 aliphatic rings. The summed E-state index contributed by atoms with van der Waals surface area (Å²) in [4.78, 5) is 15.5. The monoisotopic (exact) mass is 427 g/mol. The number of carbonyl (C=O) groups is 1. The highest BCUT2D eigenvalue weighted by molar-refractivity contribution is 6.32. The van der Waals surface area contributed by atoms with Gasteiger partial charge in [0, 0.05) is 22.9 Å². The first-order chi connectivity index (χ1) is 14.4. The van der Waals surface area contributed by atoms with E-state index in [-0.39, 0.29) is 18.6 Å². The van der Waals surface area contributed by atoms with E-state index in [4.69, 9.17) is 26.0 Å². The van der Waals surface area contributed by atoms with E-state index in [1.54, 1.807) is 12.1 Å². The molecule has 1 aliphatic heterocycles. The van der Waals surface area contributed by atoms with Crippen molar-refractivity contribution in [3.63, 3.8) is 0 Å². The van der Waals surface area contributed by atoms with Crippen LogP contribution in [0.1, 0.15) is 32.3 Å². The number of aryl methyl sites for hydroxylation is 1. The molecular formula is C22H22ClN3O4. The van der Waals surface area contributed by atoms with Crippen molar-refractivity contribution in [1.82, 2.24) is 10.1 Å². The number of rotatable bonds is 6. The highest BCUT2D eigenvalue weighted by Gasteiger charge is 2.21. The fourth-order valence-electron chi connectivity index (χ4n) is 3.51. The average Bonchev–Trinajstić information content (AvgIpc) is 3.18. The predicted octanol–water partition coefficient (Wildman–Crippen LogP) is 5.05. The Morgan fingerprint density at radius 3 is 2.83 bits per heavy atom. The van der Waals surface area contributed by atoms with Gasteiger partial charge >= 0.3 is 5.97 Å². The molecule has 156 valence electrons. The predicted molar refractivity (Wildman–Crippen MR) is 114 cm³/mol. The Labute approximate surface area is 179 Å². The summed E-state index contributed by atoms with van der Waals surface area (Å²) in [5.41, 5.74) is 3.61. The summed E-state index contributed by atoms with van der Waals surface area (Å²) in [5.74, 6) is 0.678. The van der Waals surface area contributed by atoms with Crippen molar-refractivity contribution in [1.29, 1.82) is 0 Å². The summed E-state index contributed by atoms with van der Waals surface area (Å²) in [7, 11) is 0. The number of benzene rings is 2. The maximum Gasteiger partial charge on any atom is 0.305 e. The zero-order valence-electron chi connectivity index (χ0n) is 16.7. The minimum Gasteiger partial charge on any atom is -0.489 e. The molecule has 0 spiro atoms. The number of nitrogens with zero attached hydrogens (tertiary/aromatic N) is 2. The lowest BCUT2D eigenvalue weighted by Crippen LogP contribution is -2.27. The molecule has 7 nitrogen and oxygen atoms in total. The number of anilines is 1. The molecule has 0 fully saturated rings. The number of ether oxygens (including phenoxy) is 1. The molecule has 1 atom stereocenters. The third kappa shape index (κ3) is 4.41. The molecule has 2 heterocycles. The van der Waals surface area contributed by atoms with Crippen LogP contribution in [0.5, 0.6) is 5.75 Å². The number of carboxylic acid groups (broad SMARTS) is 1. The standard InChI is InChI=1S/C22H22ClN3O4/c1-12(2)29-19-8-5-14(10-17(19)23)21-25-22(30-26-21)15-4-7-18-13(9-15)3-6-16(24-18)11-20(27)28/h4-5,7-10,12,16,24H,3,6,11H2,1-2H3,(H,27,28). The van der Waals surface area contributed by atoms with Crippen LogP contribution < -0.4 is 10.1 Å². The molecule has 0 saturated carbocycles. The summed E-state index contributed by atoms with van der Waals surface area (Å²) in [6, 6.07) is 11.2. The molecular weight excluding hydrogens is 406 g/mol. The number of hydrogen-bond donors (Lipinski definition) is 2. The molecule has 3 aromatic rings. The van der Waals surface area contributed by atoms with Gasteiger partial charge in [0.25, 0.3) is 5.89 Å². The smallest absolute Gasteiger partial charge is 0.305 e. The van der Waals surface area contributed by atoms with Gasteiger partial charge < -0.3 is 19.7 Å². The molecule has 8 heteroatoms. The largest absolute Gasteiger partial charge is 0.489 e. The average molecular weight is 428 g/mol. The zero-order valence-corrected chi connectivity index (χ0v) is 17.4. The topological polar surface area (TPSA) is 97.5 Å². The minimum atomic E-state index is -0.796. The minimum absolute atomic E-state index is 0.0306. The summed E-state index contributed by atoms with van der Waals surface area (Å²) in [5, 5.41) is 16.9. The first-order valence-corrected chi connectivity index (χ1v) is 10.2. The number of aromatic nitrogens is 2. The molecule has 0 saturated heterocycles. The van der Waals surface area contributed by atoms with Crippen LogP contribution in [-0.2, 0) is 11.2 Å². The van der Waals surface area contributed by atoms with Gasteiger partial charge in [-0.1, -0.05) is 16.8 Å². The Hall–Kier alpha value is -3.06. The van der Waals surface area contributed by atoms with E-state index in [9.17, 15) is 4.79 Å². The van der Waals surface area contributed by atoms with Gasteiger partial charge in [0.05, 0.1) is 17.5 Å². The van der Waals surface area contributed by atoms with Crippen molar-refractivity contribution in [2.75, 3.05) is 5.32 Å². The van der Waals surface area contributed by atoms with Gasteiger partial charge in [-0.15, -0.1) is 0 Å². The fourth-order valence-corrected chi connectivity index (χ4v) is 3.73. The van der Waals surface area contributed by atoms with Crippen molar-refractivity contribution in [2.24, 2.45) is 0 Å². The molecule has 0 aliphatic carbocycles. The van der Waals surface area contributed by atoms with E-state index in [0.717, 1.165) is 35.2 Å². The maximum atomic E-state index is 10.9. The van der Waals surface area contributed by atoms with Crippen LogP contribution in [0.2, 0.25) is 5.02 Å². The summed E-state index contributed by atoms with van der Waals surface area (Å²) >= 11 is 6.31. The molecule has 0 radical (unpaired) electrons. The van der Waals surface area contributed by atoms with Crippen LogP contribution in [0.25, 0.3) is 22.8 Å². The molecule has 2 N–H and O–H groups in total. The molecule has 0 bridgehead atoms. The van der Waals surface area contributed by atoms with Crippen molar-refractivity contribution in [3.05, 3.63) is 47.0 Å². The molecule has 4 rings (SSSR count). The van der Waals surface area contributed by atoms with Crippen molar-refractivity contribution in [2.45, 2.75) is 45.3 Å². The first kappa shape index (κ1) is 20.2. The van der Waals surface area contributed by atoms with E-state index in [1.165, 1.54) is 0 Å². The summed E-state index contributed by atoms with van der Waals surface area (Å²) in [6.45, 7) is 3.88. The highest BCUT2D eigenvalue weighted by atomic mass is 35.5. The van der Waals surface area contributed by atoms with Crippen LogP contribution in [0, 0.1) is 0 Å². The van der Waals surface area contributed by atoms with Crippen LogP contribution in [0.15, 0.2) is 40.9 Å². The lowest BCUT2D eigenvalue weighted by molar-refractivity contribution is -0.137. The third-order valence-corrected chi connectivity index (χ3v) is 5.17. The van der Waals surface area contributed by atoms with Crippen LogP contribution in [-0.4, -0.2) is 33.4 Å². The second-order valence-corrected chi connectivity index (χ2v) is 7.99. The first-order valence-electron chi connectivity index (χ1n) is 9.81. The van der Waals surface area contributed by atoms with E-state index in [0.29, 0.717) is 22.5 Å². The molecule has 30 heavy (non-hydrogen) atoms. The number of nitrogens with one attached hydrogen (secondary N) is 1. The Bertz CT molecular complexity index is 1080. The number of halogens is 1. The van der Waals surface area contributed by atoms with Gasteiger partial charge in [-0.2, -0.15) is 4.98 Å². The SMILES string of the molecule is CC(C)Oc1ccc(-c2noc(-c3ccc4c(c3)CCC(CC(=O)O)N4)n2)cc1Cl. The van der Waals surface area contributed by atoms with Gasteiger partial charge in [-0.3, -0.25) is 4.79 Å². The molecule has 1 aromatic heterocycles. The zero-order chi connectivity index (χ0) is 21.3. The maximum absolute atomic E-state index is 10.9. The number of fused-ring (bicyclic) bond motifs is 1. The van der Waals surface area contributed by atoms with E-state index < -0.39 is 5.97 Å². The number of aliphatic carboxylic acids is 1. The fraction of sp³-hybridized carbons (Fsp3) is 0.318. The second kappa shape index (κ2) is 8.36. The van der Waals surface area contributed by atoms with Gasteiger partial charge in [0.2, 0.25) is 5.82 Å². The lowest BCUT2D eigenvalue weighted by atomic mass is 9.95. The molecule has 0 amide bonds. The Morgan fingerprint density at radius 2 is 2.10 bits per heavy atom. The highest BCUT2D eigenvalue weighted by Crippen LogP contribution is 2.33.